The van der Waals surface area contributed by atoms with E-state index < -0.39 is 11.7 Å². The summed E-state index contributed by atoms with van der Waals surface area (Å²) in [6.07, 6.45) is 23.6. The minimum Gasteiger partial charge on any atom is -0.386 e. The van der Waals surface area contributed by atoms with E-state index in [-0.39, 0.29) is 12.2 Å². The molecule has 0 saturated carbocycles. The summed E-state index contributed by atoms with van der Waals surface area (Å²) >= 11 is 0. The van der Waals surface area contributed by atoms with Gasteiger partial charge in [-0.05, 0) is 44.3 Å². The van der Waals surface area contributed by atoms with Crippen LogP contribution in [0.25, 0.3) is 0 Å². The maximum absolute atomic E-state index is 11.2. The normalized spacial score (nSPS) is 23.2. The first-order chi connectivity index (χ1) is 12.6. The van der Waals surface area contributed by atoms with Crippen LogP contribution in [0.2, 0.25) is 0 Å². The Balaban J connectivity index is 1.89. The van der Waals surface area contributed by atoms with Gasteiger partial charge in [-0.3, -0.25) is 4.79 Å². The van der Waals surface area contributed by atoms with Gasteiger partial charge in [0.05, 0.1) is 5.60 Å². The number of ketones is 1. The smallest absolute Gasteiger partial charge is 0.183 e. The second kappa shape index (κ2) is 14.2. The van der Waals surface area contributed by atoms with Crippen molar-refractivity contribution in [2.24, 2.45) is 0 Å². The first-order valence-corrected chi connectivity index (χ1v) is 10.9. The van der Waals surface area contributed by atoms with Gasteiger partial charge in [0.15, 0.2) is 5.78 Å². The highest BCUT2D eigenvalue weighted by atomic mass is 16.3. The Hall–Kier alpha value is -0.930. The summed E-state index contributed by atoms with van der Waals surface area (Å²) in [6.45, 7) is 2.25. The van der Waals surface area contributed by atoms with Crippen molar-refractivity contribution in [3.05, 3.63) is 24.3 Å². The standard InChI is InChI=1S/C23H40O3/c1-2-3-4-5-6-7-8-9-10-11-12-13-14-15-16-18-23(26)19-17-21(24)22(25)20-23/h7-8,17,19,22,25-26H,2-6,9-16,18,20H2,1H3/b8-7-/t22-,23+/m1/s1. The van der Waals surface area contributed by atoms with E-state index in [0.717, 1.165) is 12.8 Å². The molecule has 0 heterocycles. The monoisotopic (exact) mass is 364 g/mol. The van der Waals surface area contributed by atoms with Gasteiger partial charge in [0.2, 0.25) is 0 Å². The molecular formula is C23H40O3. The molecule has 3 heteroatoms. The number of unbranched alkanes of at least 4 members (excludes halogenated alkanes) is 11. The van der Waals surface area contributed by atoms with Crippen LogP contribution in [0.15, 0.2) is 24.3 Å². The minimum atomic E-state index is -1.03. The van der Waals surface area contributed by atoms with Gasteiger partial charge in [-0.15, -0.1) is 0 Å². The number of rotatable bonds is 15. The molecule has 0 unspecified atom stereocenters. The van der Waals surface area contributed by atoms with Gasteiger partial charge in [0.1, 0.15) is 6.10 Å². The molecule has 150 valence electrons. The minimum absolute atomic E-state index is 0.147. The highest BCUT2D eigenvalue weighted by Crippen LogP contribution is 2.26. The van der Waals surface area contributed by atoms with Gasteiger partial charge >= 0.3 is 0 Å². The van der Waals surface area contributed by atoms with Gasteiger partial charge in [0.25, 0.3) is 0 Å². The van der Waals surface area contributed by atoms with Gasteiger partial charge in [0, 0.05) is 6.42 Å². The Morgan fingerprint density at radius 2 is 1.50 bits per heavy atom. The van der Waals surface area contributed by atoms with Crippen LogP contribution in [-0.4, -0.2) is 27.7 Å². The highest BCUT2D eigenvalue weighted by molar-refractivity contribution is 5.94. The molecule has 0 spiro atoms. The lowest BCUT2D eigenvalue weighted by Crippen LogP contribution is -2.38. The van der Waals surface area contributed by atoms with Gasteiger partial charge < -0.3 is 10.2 Å². The van der Waals surface area contributed by atoms with Crippen LogP contribution < -0.4 is 0 Å². The number of hydrogen-bond acceptors (Lipinski definition) is 3. The van der Waals surface area contributed by atoms with E-state index in [0.29, 0.717) is 6.42 Å². The second-order valence-electron chi connectivity index (χ2n) is 7.89. The van der Waals surface area contributed by atoms with E-state index in [2.05, 4.69) is 19.1 Å². The zero-order valence-corrected chi connectivity index (χ0v) is 16.8. The number of carbonyl (C=O) groups is 1. The molecule has 1 aliphatic rings. The molecule has 1 aliphatic carbocycles. The topological polar surface area (TPSA) is 57.5 Å². The van der Waals surface area contributed by atoms with Crippen molar-refractivity contribution in [2.45, 2.75) is 115 Å². The fraction of sp³-hybridized carbons (Fsp3) is 0.783. The fourth-order valence-electron chi connectivity index (χ4n) is 3.54. The maximum Gasteiger partial charge on any atom is 0.183 e. The van der Waals surface area contributed by atoms with Crippen LogP contribution in [0, 0.1) is 0 Å². The van der Waals surface area contributed by atoms with Crippen molar-refractivity contribution in [2.75, 3.05) is 0 Å². The predicted octanol–water partition coefficient (Wildman–Crippen LogP) is 5.64. The molecule has 0 saturated heterocycles. The van der Waals surface area contributed by atoms with Gasteiger partial charge in [-0.25, -0.2) is 0 Å². The molecular weight excluding hydrogens is 324 g/mol. The van der Waals surface area contributed by atoms with Crippen LogP contribution in [0.4, 0.5) is 0 Å². The van der Waals surface area contributed by atoms with Crippen molar-refractivity contribution in [3.63, 3.8) is 0 Å². The van der Waals surface area contributed by atoms with Crippen LogP contribution in [0.3, 0.4) is 0 Å². The Morgan fingerprint density at radius 3 is 2.08 bits per heavy atom. The maximum atomic E-state index is 11.2. The summed E-state index contributed by atoms with van der Waals surface area (Å²) in [5.74, 6) is -0.291. The number of aliphatic hydroxyl groups excluding tert-OH is 1. The third kappa shape index (κ3) is 10.9. The summed E-state index contributed by atoms with van der Waals surface area (Å²) in [7, 11) is 0. The molecule has 26 heavy (non-hydrogen) atoms. The molecule has 0 aromatic heterocycles. The quantitative estimate of drug-likeness (QED) is 0.292. The SMILES string of the molecule is CCCCCC/C=C\CCCCCCCCC[C@]1(O)C=CC(=O)[C@H](O)C1. The van der Waals surface area contributed by atoms with E-state index in [1.165, 1.54) is 76.7 Å². The zero-order valence-electron chi connectivity index (χ0n) is 16.8. The third-order valence-electron chi connectivity index (χ3n) is 5.30. The van der Waals surface area contributed by atoms with Crippen LogP contribution in [0.5, 0.6) is 0 Å². The van der Waals surface area contributed by atoms with Crippen molar-refractivity contribution < 1.29 is 15.0 Å². The van der Waals surface area contributed by atoms with Crippen molar-refractivity contribution in [1.29, 1.82) is 0 Å². The molecule has 0 aliphatic heterocycles. The number of aliphatic hydroxyl groups is 2. The fourth-order valence-corrected chi connectivity index (χ4v) is 3.54. The van der Waals surface area contributed by atoms with Crippen molar-refractivity contribution >= 4 is 5.78 Å². The Labute approximate surface area is 160 Å². The van der Waals surface area contributed by atoms with E-state index in [1.807, 2.05) is 0 Å². The molecule has 0 radical (unpaired) electrons. The predicted molar refractivity (Wildman–Crippen MR) is 109 cm³/mol. The lowest BCUT2D eigenvalue weighted by atomic mass is 9.84. The number of allylic oxidation sites excluding steroid dienone is 2. The Bertz CT molecular complexity index is 427. The molecule has 1 rings (SSSR count). The van der Waals surface area contributed by atoms with Crippen molar-refractivity contribution in [1.82, 2.24) is 0 Å². The summed E-state index contributed by atoms with van der Waals surface area (Å²) in [5, 5.41) is 19.9. The molecule has 2 atom stereocenters. The number of hydrogen-bond donors (Lipinski definition) is 2. The van der Waals surface area contributed by atoms with E-state index >= 15 is 0 Å². The summed E-state index contributed by atoms with van der Waals surface area (Å²) in [6, 6.07) is 0. The van der Waals surface area contributed by atoms with Gasteiger partial charge in [-0.1, -0.05) is 76.9 Å². The summed E-state index contributed by atoms with van der Waals surface area (Å²) in [4.78, 5) is 11.2. The summed E-state index contributed by atoms with van der Waals surface area (Å²) in [5.41, 5.74) is -0.990. The zero-order chi connectivity index (χ0) is 19.1. The van der Waals surface area contributed by atoms with Crippen molar-refractivity contribution in [3.8, 4) is 0 Å². The average molecular weight is 365 g/mol. The van der Waals surface area contributed by atoms with E-state index in [1.54, 1.807) is 6.08 Å². The molecule has 2 N–H and O–H groups in total. The first kappa shape index (κ1) is 23.1. The molecule has 0 aromatic rings. The lowest BCUT2D eigenvalue weighted by Gasteiger charge is -2.29. The summed E-state index contributed by atoms with van der Waals surface area (Å²) < 4.78 is 0. The molecule has 3 nitrogen and oxygen atoms in total. The number of carbonyl (C=O) groups excluding carboxylic acids is 1. The van der Waals surface area contributed by atoms with Crippen LogP contribution in [-0.2, 0) is 4.79 Å². The molecule has 0 bridgehead atoms. The van der Waals surface area contributed by atoms with E-state index in [4.69, 9.17) is 0 Å². The largest absolute Gasteiger partial charge is 0.386 e. The Morgan fingerprint density at radius 1 is 0.962 bits per heavy atom. The van der Waals surface area contributed by atoms with Crippen LogP contribution >= 0.6 is 0 Å². The highest BCUT2D eigenvalue weighted by Gasteiger charge is 2.33. The van der Waals surface area contributed by atoms with E-state index in [9.17, 15) is 15.0 Å². The van der Waals surface area contributed by atoms with Crippen LogP contribution in [0.1, 0.15) is 103 Å². The Kier molecular flexibility index (Phi) is 12.6. The molecule has 0 fully saturated rings. The molecule has 0 amide bonds. The molecule has 0 aromatic carbocycles. The van der Waals surface area contributed by atoms with Gasteiger partial charge in [-0.2, -0.15) is 0 Å². The first-order valence-electron chi connectivity index (χ1n) is 10.9. The lowest BCUT2D eigenvalue weighted by molar-refractivity contribution is -0.126. The second-order valence-corrected chi connectivity index (χ2v) is 7.89. The average Bonchev–Trinajstić information content (AvgIpc) is 2.62. The third-order valence-corrected chi connectivity index (χ3v) is 5.30.